The number of likely N-dealkylation sites (N-methyl/N-ethyl adjacent to an activating group) is 1. The molecule has 1 unspecified atom stereocenters. The minimum Gasteiger partial charge on any atom is -0.396 e. The summed E-state index contributed by atoms with van der Waals surface area (Å²) in [6, 6.07) is 0. The number of rotatable bonds is 13. The largest absolute Gasteiger partial charge is 0.396 e. The highest BCUT2D eigenvalue weighted by Crippen LogP contribution is 2.15. The molecule has 0 amide bonds. The number of hydrogen-bond donors (Lipinski definition) is 3. The smallest absolute Gasteiger partial charge is 0.191 e. The van der Waals surface area contributed by atoms with Crippen molar-refractivity contribution < 1.29 is 5.11 Å². The molecule has 0 aliphatic carbocycles. The zero-order valence-electron chi connectivity index (χ0n) is 16.5. The highest BCUT2D eigenvalue weighted by atomic mass is 127. The van der Waals surface area contributed by atoms with Gasteiger partial charge >= 0.3 is 0 Å². The van der Waals surface area contributed by atoms with E-state index in [1.54, 1.807) is 0 Å². The molecule has 0 bridgehead atoms. The van der Waals surface area contributed by atoms with E-state index in [4.69, 9.17) is 4.99 Å². The maximum atomic E-state index is 9.21. The molecule has 0 saturated heterocycles. The summed E-state index contributed by atoms with van der Waals surface area (Å²) in [5.74, 6) is 2.00. The summed E-state index contributed by atoms with van der Waals surface area (Å²) in [5, 5.41) is 15.9. The first-order chi connectivity index (χ1) is 11.0. The summed E-state index contributed by atoms with van der Waals surface area (Å²) in [6.07, 6.45) is 4.44. The van der Waals surface area contributed by atoms with Crippen LogP contribution >= 0.6 is 24.0 Å². The van der Waals surface area contributed by atoms with Crippen LogP contribution in [-0.2, 0) is 0 Å². The van der Waals surface area contributed by atoms with Gasteiger partial charge in [-0.3, -0.25) is 4.99 Å². The SMILES string of the molecule is CCCCN(C)CCNC(=NCC(CCO)CC(C)C)NCC.I. The molecule has 0 fully saturated rings. The van der Waals surface area contributed by atoms with Gasteiger partial charge in [0.25, 0.3) is 0 Å². The van der Waals surface area contributed by atoms with Gasteiger partial charge in [-0.15, -0.1) is 24.0 Å². The van der Waals surface area contributed by atoms with Crippen molar-refractivity contribution in [3.05, 3.63) is 0 Å². The van der Waals surface area contributed by atoms with E-state index in [0.29, 0.717) is 11.8 Å². The number of nitrogens with zero attached hydrogens (tertiary/aromatic N) is 2. The molecule has 0 saturated carbocycles. The maximum absolute atomic E-state index is 9.21. The second-order valence-corrected chi connectivity index (χ2v) is 6.81. The monoisotopic (exact) mass is 456 g/mol. The first-order valence-corrected chi connectivity index (χ1v) is 9.34. The molecule has 1 atom stereocenters. The van der Waals surface area contributed by atoms with E-state index >= 15 is 0 Å². The molecule has 0 heterocycles. The molecule has 3 N–H and O–H groups in total. The lowest BCUT2D eigenvalue weighted by molar-refractivity contribution is 0.245. The zero-order valence-corrected chi connectivity index (χ0v) is 18.8. The fourth-order valence-corrected chi connectivity index (χ4v) is 2.60. The van der Waals surface area contributed by atoms with Crippen LogP contribution in [0.4, 0.5) is 0 Å². The number of aliphatic imine (C=N–C) groups is 1. The van der Waals surface area contributed by atoms with Crippen LogP contribution in [0.1, 0.15) is 53.4 Å². The molecule has 24 heavy (non-hydrogen) atoms. The lowest BCUT2D eigenvalue weighted by Gasteiger charge is -2.19. The van der Waals surface area contributed by atoms with Crippen molar-refractivity contribution in [3.8, 4) is 0 Å². The molecule has 0 aromatic carbocycles. The molecule has 0 aliphatic rings. The summed E-state index contributed by atoms with van der Waals surface area (Å²) in [5.41, 5.74) is 0. The van der Waals surface area contributed by atoms with Crippen molar-refractivity contribution in [2.45, 2.75) is 53.4 Å². The number of unbranched alkanes of at least 4 members (excludes halogenated alkanes) is 1. The van der Waals surface area contributed by atoms with Crippen LogP contribution in [-0.4, -0.2) is 62.3 Å². The number of aliphatic hydroxyl groups excluding tert-OH is 1. The maximum Gasteiger partial charge on any atom is 0.191 e. The van der Waals surface area contributed by atoms with Crippen LogP contribution in [0.25, 0.3) is 0 Å². The van der Waals surface area contributed by atoms with Gasteiger partial charge in [0, 0.05) is 32.8 Å². The van der Waals surface area contributed by atoms with Gasteiger partial charge in [-0.2, -0.15) is 0 Å². The van der Waals surface area contributed by atoms with E-state index in [1.807, 2.05) is 0 Å². The minimum absolute atomic E-state index is 0. The molecular formula is C18H41IN4O. The standard InChI is InChI=1S/C18H40N4O.HI/c1-6-8-11-22(5)12-10-20-18(19-7-2)21-15-17(9-13-23)14-16(3)4;/h16-17,23H,6-15H2,1-5H3,(H2,19,20,21);1H. The molecule has 0 aromatic heterocycles. The van der Waals surface area contributed by atoms with Crippen molar-refractivity contribution in [1.82, 2.24) is 15.5 Å². The van der Waals surface area contributed by atoms with E-state index in [1.165, 1.54) is 12.8 Å². The molecule has 0 rings (SSSR count). The number of nitrogens with one attached hydrogen (secondary N) is 2. The van der Waals surface area contributed by atoms with Crippen LogP contribution < -0.4 is 10.6 Å². The first kappa shape index (κ1) is 26.2. The van der Waals surface area contributed by atoms with Crippen molar-refractivity contribution in [2.75, 3.05) is 46.4 Å². The summed E-state index contributed by atoms with van der Waals surface area (Å²) in [7, 11) is 2.17. The molecule has 5 nitrogen and oxygen atoms in total. The second-order valence-electron chi connectivity index (χ2n) is 6.81. The summed E-state index contributed by atoms with van der Waals surface area (Å²) in [4.78, 5) is 7.06. The Morgan fingerprint density at radius 2 is 1.88 bits per heavy atom. The van der Waals surface area contributed by atoms with Crippen molar-refractivity contribution >= 4 is 29.9 Å². The predicted octanol–water partition coefficient (Wildman–Crippen LogP) is 2.94. The third-order valence-electron chi connectivity index (χ3n) is 3.87. The predicted molar refractivity (Wildman–Crippen MR) is 116 cm³/mol. The number of guanidine groups is 1. The fourth-order valence-electron chi connectivity index (χ4n) is 2.60. The average Bonchev–Trinajstić information content (AvgIpc) is 2.50. The second kappa shape index (κ2) is 17.7. The highest BCUT2D eigenvalue weighted by Gasteiger charge is 2.10. The summed E-state index contributed by atoms with van der Waals surface area (Å²) < 4.78 is 0. The molecule has 0 spiro atoms. The number of hydrogen-bond acceptors (Lipinski definition) is 3. The molecule has 0 aromatic rings. The van der Waals surface area contributed by atoms with Crippen LogP contribution in [0, 0.1) is 11.8 Å². The third kappa shape index (κ3) is 15.4. The van der Waals surface area contributed by atoms with Gasteiger partial charge in [0.2, 0.25) is 0 Å². The summed E-state index contributed by atoms with van der Waals surface area (Å²) in [6.45, 7) is 13.7. The lowest BCUT2D eigenvalue weighted by atomic mass is 9.94. The van der Waals surface area contributed by atoms with Gasteiger partial charge in [-0.25, -0.2) is 0 Å². The topological polar surface area (TPSA) is 59.9 Å². The van der Waals surface area contributed by atoms with Gasteiger partial charge in [0.15, 0.2) is 5.96 Å². The molecule has 0 aliphatic heterocycles. The average molecular weight is 456 g/mol. The number of aliphatic hydroxyl groups is 1. The Bertz CT molecular complexity index is 301. The minimum atomic E-state index is 0. The van der Waals surface area contributed by atoms with Gasteiger partial charge in [-0.05, 0) is 51.6 Å². The van der Waals surface area contributed by atoms with Gasteiger partial charge in [-0.1, -0.05) is 27.2 Å². The Hall–Kier alpha value is -0.0800. The molecule has 146 valence electrons. The Kier molecular flexibility index (Phi) is 19.3. The van der Waals surface area contributed by atoms with E-state index in [2.05, 4.69) is 50.3 Å². The van der Waals surface area contributed by atoms with Crippen LogP contribution in [0.5, 0.6) is 0 Å². The Morgan fingerprint density at radius 3 is 2.42 bits per heavy atom. The van der Waals surface area contributed by atoms with Gasteiger partial charge < -0.3 is 20.6 Å². The Balaban J connectivity index is 0. The third-order valence-corrected chi connectivity index (χ3v) is 3.87. The first-order valence-electron chi connectivity index (χ1n) is 9.34. The Morgan fingerprint density at radius 1 is 1.17 bits per heavy atom. The summed E-state index contributed by atoms with van der Waals surface area (Å²) >= 11 is 0. The highest BCUT2D eigenvalue weighted by molar-refractivity contribution is 14.0. The number of halogens is 1. The fraction of sp³-hybridized carbons (Fsp3) is 0.944. The zero-order chi connectivity index (χ0) is 17.5. The van der Waals surface area contributed by atoms with Crippen molar-refractivity contribution in [2.24, 2.45) is 16.8 Å². The van der Waals surface area contributed by atoms with E-state index in [9.17, 15) is 5.11 Å². The van der Waals surface area contributed by atoms with Gasteiger partial charge in [0.1, 0.15) is 0 Å². The van der Waals surface area contributed by atoms with Gasteiger partial charge in [0.05, 0.1) is 0 Å². The lowest BCUT2D eigenvalue weighted by Crippen LogP contribution is -2.41. The van der Waals surface area contributed by atoms with Crippen molar-refractivity contribution in [3.63, 3.8) is 0 Å². The molecule has 0 radical (unpaired) electrons. The molecule has 6 heteroatoms. The normalized spacial score (nSPS) is 13.1. The van der Waals surface area contributed by atoms with E-state index in [-0.39, 0.29) is 30.6 Å². The Labute approximate surface area is 167 Å². The van der Waals surface area contributed by atoms with E-state index in [0.717, 1.165) is 51.5 Å². The van der Waals surface area contributed by atoms with Crippen LogP contribution in [0.2, 0.25) is 0 Å². The van der Waals surface area contributed by atoms with E-state index < -0.39 is 0 Å². The van der Waals surface area contributed by atoms with Crippen LogP contribution in [0.3, 0.4) is 0 Å². The quantitative estimate of drug-likeness (QED) is 0.227. The van der Waals surface area contributed by atoms with Crippen molar-refractivity contribution in [1.29, 1.82) is 0 Å². The molecular weight excluding hydrogens is 415 g/mol. The van der Waals surface area contributed by atoms with Crippen LogP contribution in [0.15, 0.2) is 4.99 Å².